The molecule has 2 heterocycles. The topological polar surface area (TPSA) is 16.1 Å². The summed E-state index contributed by atoms with van der Waals surface area (Å²) in [4.78, 5) is 6.02. The predicted molar refractivity (Wildman–Crippen MR) is 49.1 cm³/mol. The smallest absolute Gasteiger partial charge is 0.0273 e. The highest BCUT2D eigenvalue weighted by molar-refractivity contribution is 5.68. The van der Waals surface area contributed by atoms with Crippen LogP contribution in [-0.4, -0.2) is 23.0 Å². The molecule has 0 aliphatic carbocycles. The standard InChI is InChI=1S/C10H11N2/c1-12-7-4-10(8-12)9-2-5-11-6-3-9/h2-6H,1,7-8H2/q-1. The molecule has 0 unspecified atom stereocenters. The summed E-state index contributed by atoms with van der Waals surface area (Å²) in [6.45, 7) is 1.90. The van der Waals surface area contributed by atoms with Crippen molar-refractivity contribution in [2.45, 2.75) is 0 Å². The number of hydrogen-bond donors (Lipinski definition) is 0. The van der Waals surface area contributed by atoms with E-state index in [2.05, 4.69) is 18.1 Å². The zero-order chi connectivity index (χ0) is 8.39. The molecular weight excluding hydrogens is 148 g/mol. The van der Waals surface area contributed by atoms with Crippen molar-refractivity contribution in [3.63, 3.8) is 0 Å². The van der Waals surface area contributed by atoms with Crippen LogP contribution < -0.4 is 0 Å². The second kappa shape index (κ2) is 3.07. The van der Waals surface area contributed by atoms with E-state index in [1.165, 1.54) is 11.1 Å². The second-order valence-electron chi connectivity index (χ2n) is 2.98. The third kappa shape index (κ3) is 1.38. The van der Waals surface area contributed by atoms with E-state index in [4.69, 9.17) is 0 Å². The summed E-state index contributed by atoms with van der Waals surface area (Å²) in [7, 11) is 3.88. The minimum absolute atomic E-state index is 0.948. The van der Waals surface area contributed by atoms with Crippen LogP contribution in [0.4, 0.5) is 0 Å². The SMILES string of the molecule is [CH2-]N1CC=C(c2ccncc2)C1. The van der Waals surface area contributed by atoms with Gasteiger partial charge in [-0.25, -0.2) is 0 Å². The molecule has 0 radical (unpaired) electrons. The van der Waals surface area contributed by atoms with Crippen LogP contribution in [0.15, 0.2) is 30.6 Å². The molecule has 62 valence electrons. The number of aromatic nitrogens is 1. The fourth-order valence-corrected chi connectivity index (χ4v) is 1.38. The van der Waals surface area contributed by atoms with E-state index < -0.39 is 0 Å². The van der Waals surface area contributed by atoms with Crippen LogP contribution in [-0.2, 0) is 0 Å². The van der Waals surface area contributed by atoms with Gasteiger partial charge in [0.2, 0.25) is 0 Å². The molecule has 0 N–H and O–H groups in total. The van der Waals surface area contributed by atoms with Crippen molar-refractivity contribution < 1.29 is 0 Å². The highest BCUT2D eigenvalue weighted by Gasteiger charge is 2.06. The Hall–Kier alpha value is -1.15. The average molecular weight is 159 g/mol. The van der Waals surface area contributed by atoms with Gasteiger partial charge in [-0.3, -0.25) is 12.0 Å². The first-order valence-corrected chi connectivity index (χ1v) is 4.01. The summed E-state index contributed by atoms with van der Waals surface area (Å²) in [5.41, 5.74) is 2.61. The quantitative estimate of drug-likeness (QED) is 0.578. The third-order valence-electron chi connectivity index (χ3n) is 2.04. The largest absolute Gasteiger partial charge is 0.452 e. The lowest BCUT2D eigenvalue weighted by Gasteiger charge is -2.16. The molecule has 0 saturated heterocycles. The number of pyridine rings is 1. The molecular formula is C10H11N2-. The molecule has 12 heavy (non-hydrogen) atoms. The van der Waals surface area contributed by atoms with Crippen molar-refractivity contribution in [3.8, 4) is 0 Å². The predicted octanol–water partition coefficient (Wildman–Crippen LogP) is 1.57. The molecule has 0 fully saturated rings. The molecule has 0 amide bonds. The lowest BCUT2D eigenvalue weighted by Crippen LogP contribution is -2.10. The number of rotatable bonds is 1. The Balaban J connectivity index is 2.22. The van der Waals surface area contributed by atoms with Gasteiger partial charge in [-0.05, 0) is 36.4 Å². The first-order valence-electron chi connectivity index (χ1n) is 4.01. The Morgan fingerprint density at radius 2 is 2.08 bits per heavy atom. The van der Waals surface area contributed by atoms with Gasteiger partial charge in [-0.1, -0.05) is 6.08 Å². The zero-order valence-electron chi connectivity index (χ0n) is 6.90. The monoisotopic (exact) mass is 159 g/mol. The van der Waals surface area contributed by atoms with Gasteiger partial charge in [0.15, 0.2) is 0 Å². The minimum atomic E-state index is 0.948. The fraction of sp³-hybridized carbons (Fsp3) is 0.200. The molecule has 1 aliphatic rings. The van der Waals surface area contributed by atoms with Crippen LogP contribution in [0, 0.1) is 7.05 Å². The van der Waals surface area contributed by atoms with Crippen LogP contribution in [0.2, 0.25) is 0 Å². The highest BCUT2D eigenvalue weighted by Crippen LogP contribution is 2.18. The summed E-state index contributed by atoms with van der Waals surface area (Å²) in [5.74, 6) is 0. The van der Waals surface area contributed by atoms with Crippen molar-refractivity contribution in [2.75, 3.05) is 13.1 Å². The first-order chi connectivity index (χ1) is 5.86. The minimum Gasteiger partial charge on any atom is -0.452 e. The van der Waals surface area contributed by atoms with E-state index in [1.807, 2.05) is 29.4 Å². The van der Waals surface area contributed by atoms with E-state index >= 15 is 0 Å². The summed E-state index contributed by atoms with van der Waals surface area (Å²) in [5, 5.41) is 0. The molecule has 0 aromatic carbocycles. The summed E-state index contributed by atoms with van der Waals surface area (Å²) in [6, 6.07) is 4.07. The molecule has 0 saturated carbocycles. The van der Waals surface area contributed by atoms with Crippen LogP contribution in [0.5, 0.6) is 0 Å². The van der Waals surface area contributed by atoms with E-state index in [0.717, 1.165) is 13.1 Å². The van der Waals surface area contributed by atoms with Gasteiger partial charge in [0.1, 0.15) is 0 Å². The maximum atomic E-state index is 3.98. The van der Waals surface area contributed by atoms with E-state index in [-0.39, 0.29) is 0 Å². The lowest BCUT2D eigenvalue weighted by molar-refractivity contribution is 0.484. The molecule has 0 spiro atoms. The summed E-state index contributed by atoms with van der Waals surface area (Å²) >= 11 is 0. The first kappa shape index (κ1) is 7.50. The van der Waals surface area contributed by atoms with Gasteiger partial charge in [0.25, 0.3) is 0 Å². The Kier molecular flexibility index (Phi) is 1.92. The van der Waals surface area contributed by atoms with Crippen LogP contribution >= 0.6 is 0 Å². The Morgan fingerprint density at radius 1 is 1.33 bits per heavy atom. The van der Waals surface area contributed by atoms with Crippen molar-refractivity contribution in [1.29, 1.82) is 0 Å². The summed E-state index contributed by atoms with van der Waals surface area (Å²) < 4.78 is 0. The van der Waals surface area contributed by atoms with Gasteiger partial charge in [-0.15, -0.1) is 0 Å². The molecule has 1 aliphatic heterocycles. The maximum Gasteiger partial charge on any atom is 0.0273 e. The van der Waals surface area contributed by atoms with Crippen molar-refractivity contribution in [3.05, 3.63) is 43.2 Å². The van der Waals surface area contributed by atoms with Gasteiger partial charge in [0.05, 0.1) is 0 Å². The molecule has 2 rings (SSSR count). The van der Waals surface area contributed by atoms with E-state index in [0.29, 0.717) is 0 Å². The Bertz CT molecular complexity index is 290. The van der Waals surface area contributed by atoms with Gasteiger partial charge < -0.3 is 4.90 Å². The molecule has 0 bridgehead atoms. The van der Waals surface area contributed by atoms with E-state index in [1.54, 1.807) is 0 Å². The van der Waals surface area contributed by atoms with Crippen molar-refractivity contribution in [2.24, 2.45) is 0 Å². The van der Waals surface area contributed by atoms with Gasteiger partial charge in [0, 0.05) is 12.4 Å². The third-order valence-corrected chi connectivity index (χ3v) is 2.04. The fourth-order valence-electron chi connectivity index (χ4n) is 1.38. The van der Waals surface area contributed by atoms with Crippen LogP contribution in [0.1, 0.15) is 5.56 Å². The zero-order valence-corrected chi connectivity index (χ0v) is 6.90. The van der Waals surface area contributed by atoms with Crippen LogP contribution in [0.25, 0.3) is 5.57 Å². The van der Waals surface area contributed by atoms with Crippen molar-refractivity contribution >= 4 is 5.57 Å². The summed E-state index contributed by atoms with van der Waals surface area (Å²) in [6.07, 6.45) is 5.85. The molecule has 0 atom stereocenters. The van der Waals surface area contributed by atoms with Gasteiger partial charge in [-0.2, -0.15) is 0 Å². The number of hydrogen-bond acceptors (Lipinski definition) is 2. The van der Waals surface area contributed by atoms with Crippen LogP contribution in [0.3, 0.4) is 0 Å². The molecule has 1 aromatic rings. The highest BCUT2D eigenvalue weighted by atomic mass is 15.1. The Morgan fingerprint density at radius 3 is 2.67 bits per heavy atom. The van der Waals surface area contributed by atoms with E-state index in [9.17, 15) is 0 Å². The van der Waals surface area contributed by atoms with Gasteiger partial charge >= 0.3 is 0 Å². The lowest BCUT2D eigenvalue weighted by atomic mass is 10.1. The molecule has 2 heteroatoms. The average Bonchev–Trinajstić information content (AvgIpc) is 2.54. The molecule has 1 aromatic heterocycles. The molecule has 2 nitrogen and oxygen atoms in total. The Labute approximate surface area is 72.5 Å². The second-order valence-corrected chi connectivity index (χ2v) is 2.98. The van der Waals surface area contributed by atoms with Crippen molar-refractivity contribution in [1.82, 2.24) is 9.88 Å². The maximum absolute atomic E-state index is 3.98. The normalized spacial score (nSPS) is 17.9. The number of nitrogens with zero attached hydrogens (tertiary/aromatic N) is 2.